The molecular weight excluding hydrogens is 267 g/mol. The Morgan fingerprint density at radius 2 is 2.00 bits per heavy atom. The molecule has 0 unspecified atom stereocenters. The van der Waals surface area contributed by atoms with Crippen LogP contribution in [0.1, 0.15) is 18.4 Å². The second-order valence-corrected chi connectivity index (χ2v) is 5.78. The van der Waals surface area contributed by atoms with Crippen LogP contribution in [0, 0.1) is 5.92 Å². The predicted octanol–water partition coefficient (Wildman–Crippen LogP) is 3.42. The summed E-state index contributed by atoms with van der Waals surface area (Å²) in [6.07, 6.45) is 2.53. The molecule has 2 nitrogen and oxygen atoms in total. The molecule has 4 heteroatoms. The Kier molecular flexibility index (Phi) is 5.31. The molecule has 1 aliphatic heterocycles. The van der Waals surface area contributed by atoms with Gasteiger partial charge >= 0.3 is 0 Å². The molecule has 1 aromatic carbocycles. The van der Waals surface area contributed by atoms with Gasteiger partial charge in [0.25, 0.3) is 0 Å². The first-order chi connectivity index (χ1) is 8.70. The van der Waals surface area contributed by atoms with Gasteiger partial charge < -0.3 is 5.32 Å². The second kappa shape index (κ2) is 6.76. The lowest BCUT2D eigenvalue weighted by Gasteiger charge is -2.32. The van der Waals surface area contributed by atoms with Crippen molar-refractivity contribution < 1.29 is 0 Å². The third-order valence-corrected chi connectivity index (χ3v) is 4.48. The quantitative estimate of drug-likeness (QED) is 0.912. The van der Waals surface area contributed by atoms with E-state index in [4.69, 9.17) is 23.2 Å². The maximum atomic E-state index is 6.22. The molecule has 1 aliphatic rings. The van der Waals surface area contributed by atoms with E-state index in [0.717, 1.165) is 37.7 Å². The molecule has 0 aliphatic carbocycles. The number of likely N-dealkylation sites (tertiary alicyclic amines) is 1. The Bertz CT molecular complexity index is 387. The highest BCUT2D eigenvalue weighted by Gasteiger charge is 2.19. The van der Waals surface area contributed by atoms with Crippen molar-refractivity contribution in [3.05, 3.63) is 33.8 Å². The van der Waals surface area contributed by atoms with Gasteiger partial charge in [-0.05, 0) is 57.1 Å². The lowest BCUT2D eigenvalue weighted by Crippen LogP contribution is -2.36. The van der Waals surface area contributed by atoms with Crippen molar-refractivity contribution in [1.82, 2.24) is 10.2 Å². The monoisotopic (exact) mass is 286 g/mol. The van der Waals surface area contributed by atoms with Gasteiger partial charge in [-0.2, -0.15) is 0 Å². The number of hydrogen-bond acceptors (Lipinski definition) is 2. The molecule has 1 aromatic rings. The maximum Gasteiger partial charge on any atom is 0.0637 e. The molecule has 1 heterocycles. The van der Waals surface area contributed by atoms with Crippen LogP contribution in [0.3, 0.4) is 0 Å². The summed E-state index contributed by atoms with van der Waals surface area (Å²) in [7, 11) is 2.03. The molecule has 0 bridgehead atoms. The predicted molar refractivity (Wildman–Crippen MR) is 78.4 cm³/mol. The number of rotatable bonds is 4. The lowest BCUT2D eigenvalue weighted by atomic mass is 9.96. The summed E-state index contributed by atoms with van der Waals surface area (Å²) in [5.74, 6) is 0.820. The van der Waals surface area contributed by atoms with Crippen molar-refractivity contribution in [3.8, 4) is 0 Å². The average Bonchev–Trinajstić information content (AvgIpc) is 2.38. The van der Waals surface area contributed by atoms with E-state index in [1.54, 1.807) is 0 Å². The van der Waals surface area contributed by atoms with Crippen molar-refractivity contribution >= 4 is 23.2 Å². The number of benzene rings is 1. The molecule has 0 aromatic heterocycles. The summed E-state index contributed by atoms with van der Waals surface area (Å²) in [4.78, 5) is 2.46. The summed E-state index contributed by atoms with van der Waals surface area (Å²) in [6.45, 7) is 4.34. The minimum absolute atomic E-state index is 0.652. The third-order valence-electron chi connectivity index (χ3n) is 3.63. The van der Waals surface area contributed by atoms with E-state index in [0.29, 0.717) is 10.0 Å². The van der Waals surface area contributed by atoms with Gasteiger partial charge in [-0.1, -0.05) is 35.3 Å². The van der Waals surface area contributed by atoms with Crippen LogP contribution in [0.5, 0.6) is 0 Å². The number of nitrogens with one attached hydrogen (secondary N) is 1. The fraction of sp³-hybridized carbons (Fsp3) is 0.571. The van der Waals surface area contributed by atoms with Gasteiger partial charge in [0.2, 0.25) is 0 Å². The molecule has 0 radical (unpaired) electrons. The van der Waals surface area contributed by atoms with Gasteiger partial charge in [-0.3, -0.25) is 4.90 Å². The molecule has 1 fully saturated rings. The Labute approximate surface area is 119 Å². The second-order valence-electron chi connectivity index (χ2n) is 4.99. The van der Waals surface area contributed by atoms with Crippen LogP contribution in [0.15, 0.2) is 18.2 Å². The van der Waals surface area contributed by atoms with E-state index >= 15 is 0 Å². The van der Waals surface area contributed by atoms with Gasteiger partial charge in [0.1, 0.15) is 0 Å². The zero-order valence-electron chi connectivity index (χ0n) is 10.8. The normalized spacial score (nSPS) is 18.2. The van der Waals surface area contributed by atoms with Gasteiger partial charge in [-0.25, -0.2) is 0 Å². The van der Waals surface area contributed by atoms with Gasteiger partial charge in [0.05, 0.1) is 10.0 Å². The van der Waals surface area contributed by atoms with E-state index in [9.17, 15) is 0 Å². The van der Waals surface area contributed by atoms with Crippen molar-refractivity contribution in [2.45, 2.75) is 19.4 Å². The maximum absolute atomic E-state index is 6.22. The Morgan fingerprint density at radius 3 is 2.67 bits per heavy atom. The Hall–Kier alpha value is -0.280. The van der Waals surface area contributed by atoms with Crippen LogP contribution in [0.2, 0.25) is 10.0 Å². The smallest absolute Gasteiger partial charge is 0.0637 e. The first-order valence-corrected chi connectivity index (χ1v) is 7.26. The molecule has 18 heavy (non-hydrogen) atoms. The Balaban J connectivity index is 1.90. The Morgan fingerprint density at radius 1 is 1.28 bits per heavy atom. The van der Waals surface area contributed by atoms with Gasteiger partial charge in [0, 0.05) is 6.54 Å². The lowest BCUT2D eigenvalue weighted by molar-refractivity contribution is 0.177. The first kappa shape index (κ1) is 14.1. The first-order valence-electron chi connectivity index (χ1n) is 6.50. The number of nitrogens with zero attached hydrogens (tertiary/aromatic N) is 1. The summed E-state index contributed by atoms with van der Waals surface area (Å²) in [6, 6.07) is 5.87. The molecule has 1 saturated heterocycles. The molecule has 1 N–H and O–H groups in total. The molecule has 100 valence electrons. The van der Waals surface area contributed by atoms with Crippen molar-refractivity contribution in [1.29, 1.82) is 0 Å². The highest BCUT2D eigenvalue weighted by Crippen LogP contribution is 2.27. The molecule has 0 atom stereocenters. The van der Waals surface area contributed by atoms with E-state index in [1.165, 1.54) is 12.8 Å². The van der Waals surface area contributed by atoms with Crippen LogP contribution in [0.25, 0.3) is 0 Å². The van der Waals surface area contributed by atoms with Crippen LogP contribution in [-0.4, -0.2) is 31.6 Å². The zero-order chi connectivity index (χ0) is 13.0. The number of hydrogen-bond donors (Lipinski definition) is 1. The molecule has 0 amide bonds. The van der Waals surface area contributed by atoms with Crippen LogP contribution < -0.4 is 5.32 Å². The SMILES string of the molecule is CNCC1CCN(Cc2cccc(Cl)c2Cl)CC1. The van der Waals surface area contributed by atoms with Crippen molar-refractivity contribution in [2.24, 2.45) is 5.92 Å². The fourth-order valence-corrected chi connectivity index (χ4v) is 2.93. The van der Waals surface area contributed by atoms with E-state index in [-0.39, 0.29) is 0 Å². The van der Waals surface area contributed by atoms with Gasteiger partial charge in [0.15, 0.2) is 0 Å². The zero-order valence-corrected chi connectivity index (χ0v) is 12.3. The van der Waals surface area contributed by atoms with Crippen molar-refractivity contribution in [2.75, 3.05) is 26.7 Å². The van der Waals surface area contributed by atoms with Crippen LogP contribution in [0.4, 0.5) is 0 Å². The van der Waals surface area contributed by atoms with Crippen LogP contribution >= 0.6 is 23.2 Å². The van der Waals surface area contributed by atoms with E-state index in [2.05, 4.69) is 16.3 Å². The van der Waals surface area contributed by atoms with E-state index in [1.807, 2.05) is 19.2 Å². The summed E-state index contributed by atoms with van der Waals surface area (Å²) < 4.78 is 0. The van der Waals surface area contributed by atoms with Gasteiger partial charge in [-0.15, -0.1) is 0 Å². The highest BCUT2D eigenvalue weighted by molar-refractivity contribution is 6.42. The minimum Gasteiger partial charge on any atom is -0.319 e. The summed E-state index contributed by atoms with van der Waals surface area (Å²) in [5, 5.41) is 4.62. The molecule has 0 saturated carbocycles. The molecular formula is C14H20Cl2N2. The van der Waals surface area contributed by atoms with Crippen molar-refractivity contribution in [3.63, 3.8) is 0 Å². The molecule has 2 rings (SSSR count). The number of piperidine rings is 1. The third kappa shape index (κ3) is 3.61. The molecule has 0 spiro atoms. The standard InChI is InChI=1S/C14H20Cl2N2/c1-17-9-11-5-7-18(8-6-11)10-12-3-2-4-13(15)14(12)16/h2-4,11,17H,5-10H2,1H3. The highest BCUT2D eigenvalue weighted by atomic mass is 35.5. The number of halogens is 2. The summed E-state index contributed by atoms with van der Waals surface area (Å²) >= 11 is 12.3. The minimum atomic E-state index is 0.652. The largest absolute Gasteiger partial charge is 0.319 e. The topological polar surface area (TPSA) is 15.3 Å². The van der Waals surface area contributed by atoms with Crippen LogP contribution in [-0.2, 0) is 6.54 Å². The van der Waals surface area contributed by atoms with E-state index < -0.39 is 0 Å². The average molecular weight is 287 g/mol. The summed E-state index contributed by atoms with van der Waals surface area (Å²) in [5.41, 5.74) is 1.14. The fourth-order valence-electron chi connectivity index (χ4n) is 2.55.